The van der Waals surface area contributed by atoms with Gasteiger partial charge in [-0.25, -0.2) is 0 Å². The average molecular weight is 346 g/mol. The quantitative estimate of drug-likeness (QED) is 0.746. The molecule has 3 atom stereocenters. The van der Waals surface area contributed by atoms with Crippen LogP contribution in [0.2, 0.25) is 0 Å². The lowest BCUT2D eigenvalue weighted by Crippen LogP contribution is -2.38. The van der Waals surface area contributed by atoms with Crippen molar-refractivity contribution in [3.05, 3.63) is 29.8 Å². The van der Waals surface area contributed by atoms with Crippen molar-refractivity contribution in [1.82, 2.24) is 5.32 Å². The number of nitrogens with one attached hydrogen (secondary N) is 1. The summed E-state index contributed by atoms with van der Waals surface area (Å²) in [6.45, 7) is 9.04. The SMILES string of the molecule is CC(O)CC(C)CNC(=O)C1CCN(c2ccc(C(C)C)cc2)C1=O. The molecular formula is C20H30N2O3. The second-order valence-corrected chi connectivity index (χ2v) is 7.51. The number of anilines is 1. The number of aliphatic hydroxyl groups excluding tert-OH is 1. The minimum atomic E-state index is -0.608. The highest BCUT2D eigenvalue weighted by molar-refractivity contribution is 6.09. The van der Waals surface area contributed by atoms with Crippen LogP contribution in [0.5, 0.6) is 0 Å². The van der Waals surface area contributed by atoms with Crippen LogP contribution in [0, 0.1) is 11.8 Å². The summed E-state index contributed by atoms with van der Waals surface area (Å²) < 4.78 is 0. The van der Waals surface area contributed by atoms with E-state index < -0.39 is 5.92 Å². The second kappa shape index (κ2) is 8.48. The maximum atomic E-state index is 12.6. The van der Waals surface area contributed by atoms with Gasteiger partial charge in [-0.1, -0.05) is 32.9 Å². The predicted molar refractivity (Wildman–Crippen MR) is 99.5 cm³/mol. The number of benzene rings is 1. The van der Waals surface area contributed by atoms with Crippen molar-refractivity contribution in [3.8, 4) is 0 Å². The van der Waals surface area contributed by atoms with Crippen molar-refractivity contribution in [2.75, 3.05) is 18.0 Å². The first-order chi connectivity index (χ1) is 11.8. The standard InChI is InChI=1S/C20H30N2O3/c1-13(2)16-5-7-17(8-6-16)22-10-9-18(20(22)25)19(24)21-12-14(3)11-15(4)23/h5-8,13-15,18,23H,9-12H2,1-4H3,(H,21,24). The van der Waals surface area contributed by atoms with E-state index in [2.05, 4.69) is 19.2 Å². The van der Waals surface area contributed by atoms with Gasteiger partial charge < -0.3 is 15.3 Å². The van der Waals surface area contributed by atoms with E-state index in [0.717, 1.165) is 5.69 Å². The van der Waals surface area contributed by atoms with Gasteiger partial charge in [0.05, 0.1) is 6.10 Å². The molecule has 5 nitrogen and oxygen atoms in total. The summed E-state index contributed by atoms with van der Waals surface area (Å²) in [5, 5.41) is 12.2. The Morgan fingerprint density at radius 2 is 1.88 bits per heavy atom. The summed E-state index contributed by atoms with van der Waals surface area (Å²) in [5.74, 6) is -0.309. The molecule has 5 heteroatoms. The Hall–Kier alpha value is -1.88. The monoisotopic (exact) mass is 346 g/mol. The minimum Gasteiger partial charge on any atom is -0.393 e. The van der Waals surface area contributed by atoms with Crippen LogP contribution in [-0.4, -0.2) is 36.1 Å². The zero-order valence-electron chi connectivity index (χ0n) is 15.7. The average Bonchev–Trinajstić information content (AvgIpc) is 2.93. The molecule has 0 aromatic heterocycles. The highest BCUT2D eigenvalue weighted by Crippen LogP contribution is 2.27. The van der Waals surface area contributed by atoms with Crippen molar-refractivity contribution in [1.29, 1.82) is 0 Å². The molecule has 1 fully saturated rings. The number of nitrogens with zero attached hydrogens (tertiary/aromatic N) is 1. The van der Waals surface area contributed by atoms with E-state index in [9.17, 15) is 14.7 Å². The first kappa shape index (κ1) is 19.4. The van der Waals surface area contributed by atoms with Gasteiger partial charge in [-0.2, -0.15) is 0 Å². The Labute approximate surface area is 150 Å². The van der Waals surface area contributed by atoms with E-state index in [1.54, 1.807) is 11.8 Å². The predicted octanol–water partition coefficient (Wildman–Crippen LogP) is 2.69. The number of rotatable bonds is 7. The fourth-order valence-electron chi connectivity index (χ4n) is 3.28. The number of hydrogen-bond acceptors (Lipinski definition) is 3. The van der Waals surface area contributed by atoms with Crippen LogP contribution in [0.3, 0.4) is 0 Å². The molecule has 2 N–H and O–H groups in total. The molecule has 0 saturated carbocycles. The maximum Gasteiger partial charge on any atom is 0.239 e. The third kappa shape index (κ3) is 5.05. The molecule has 3 unspecified atom stereocenters. The van der Waals surface area contributed by atoms with Gasteiger partial charge >= 0.3 is 0 Å². The zero-order chi connectivity index (χ0) is 18.6. The number of aliphatic hydroxyl groups is 1. The van der Waals surface area contributed by atoms with E-state index in [1.807, 2.05) is 31.2 Å². The van der Waals surface area contributed by atoms with Crippen LogP contribution in [0.4, 0.5) is 5.69 Å². The number of hydrogen-bond donors (Lipinski definition) is 2. The Kier molecular flexibility index (Phi) is 6.59. The van der Waals surface area contributed by atoms with E-state index in [1.165, 1.54) is 5.56 Å². The molecule has 25 heavy (non-hydrogen) atoms. The van der Waals surface area contributed by atoms with Crippen LogP contribution >= 0.6 is 0 Å². The number of carbonyl (C=O) groups excluding carboxylic acids is 2. The molecule has 1 aliphatic rings. The molecule has 1 heterocycles. The molecule has 0 bridgehead atoms. The lowest BCUT2D eigenvalue weighted by atomic mass is 10.0. The van der Waals surface area contributed by atoms with Gasteiger partial charge in [0, 0.05) is 18.8 Å². The molecule has 0 radical (unpaired) electrons. The van der Waals surface area contributed by atoms with Gasteiger partial charge in [0.1, 0.15) is 5.92 Å². The summed E-state index contributed by atoms with van der Waals surface area (Å²) in [6, 6.07) is 7.99. The fourth-order valence-corrected chi connectivity index (χ4v) is 3.28. The molecule has 2 rings (SSSR count). The molecule has 1 aliphatic heterocycles. The van der Waals surface area contributed by atoms with Crippen LogP contribution in [0.15, 0.2) is 24.3 Å². The molecule has 1 saturated heterocycles. The summed E-state index contributed by atoms with van der Waals surface area (Å²) in [5.41, 5.74) is 2.09. The normalized spacial score (nSPS) is 20.0. The Morgan fingerprint density at radius 3 is 2.44 bits per heavy atom. The van der Waals surface area contributed by atoms with Crippen LogP contribution in [-0.2, 0) is 9.59 Å². The first-order valence-corrected chi connectivity index (χ1v) is 9.16. The largest absolute Gasteiger partial charge is 0.393 e. The van der Waals surface area contributed by atoms with E-state index in [4.69, 9.17) is 0 Å². The third-order valence-electron chi connectivity index (χ3n) is 4.76. The number of amides is 2. The molecule has 0 aliphatic carbocycles. The lowest BCUT2D eigenvalue weighted by molar-refractivity contribution is -0.132. The van der Waals surface area contributed by atoms with E-state index >= 15 is 0 Å². The third-order valence-corrected chi connectivity index (χ3v) is 4.76. The summed E-state index contributed by atoms with van der Waals surface area (Å²) in [4.78, 5) is 26.7. The maximum absolute atomic E-state index is 12.6. The molecular weight excluding hydrogens is 316 g/mol. The van der Waals surface area contributed by atoms with Crippen molar-refractivity contribution in [2.45, 2.75) is 52.6 Å². The van der Waals surface area contributed by atoms with Crippen molar-refractivity contribution >= 4 is 17.5 Å². The van der Waals surface area contributed by atoms with Crippen LogP contribution < -0.4 is 10.2 Å². The summed E-state index contributed by atoms with van der Waals surface area (Å²) in [7, 11) is 0. The van der Waals surface area contributed by atoms with Gasteiger partial charge in [-0.15, -0.1) is 0 Å². The highest BCUT2D eigenvalue weighted by Gasteiger charge is 2.37. The molecule has 0 spiro atoms. The molecule has 1 aromatic carbocycles. The Balaban J connectivity index is 1.93. The van der Waals surface area contributed by atoms with Crippen molar-refractivity contribution in [3.63, 3.8) is 0 Å². The van der Waals surface area contributed by atoms with Gasteiger partial charge in [-0.3, -0.25) is 9.59 Å². The lowest BCUT2D eigenvalue weighted by Gasteiger charge is -2.18. The second-order valence-electron chi connectivity index (χ2n) is 7.51. The fraction of sp³-hybridized carbons (Fsp3) is 0.600. The number of carbonyl (C=O) groups is 2. The van der Waals surface area contributed by atoms with E-state index in [0.29, 0.717) is 31.8 Å². The Bertz CT molecular complexity index is 595. The molecule has 1 aromatic rings. The van der Waals surface area contributed by atoms with Gasteiger partial charge in [0.25, 0.3) is 0 Å². The highest BCUT2D eigenvalue weighted by atomic mass is 16.3. The molecule has 138 valence electrons. The van der Waals surface area contributed by atoms with Crippen LogP contribution in [0.25, 0.3) is 0 Å². The molecule has 2 amide bonds. The summed E-state index contributed by atoms with van der Waals surface area (Å²) >= 11 is 0. The van der Waals surface area contributed by atoms with Crippen LogP contribution in [0.1, 0.15) is 52.0 Å². The Morgan fingerprint density at radius 1 is 1.24 bits per heavy atom. The minimum absolute atomic E-state index is 0.127. The zero-order valence-corrected chi connectivity index (χ0v) is 15.7. The topological polar surface area (TPSA) is 69.6 Å². The van der Waals surface area contributed by atoms with E-state index in [-0.39, 0.29) is 23.8 Å². The van der Waals surface area contributed by atoms with Gasteiger partial charge in [0.15, 0.2) is 0 Å². The van der Waals surface area contributed by atoms with Crippen molar-refractivity contribution < 1.29 is 14.7 Å². The van der Waals surface area contributed by atoms with Crippen molar-refractivity contribution in [2.24, 2.45) is 11.8 Å². The smallest absolute Gasteiger partial charge is 0.239 e. The van der Waals surface area contributed by atoms with Gasteiger partial charge in [0.2, 0.25) is 11.8 Å². The summed E-state index contributed by atoms with van der Waals surface area (Å²) in [6.07, 6.45) is 0.790. The van der Waals surface area contributed by atoms with Gasteiger partial charge in [-0.05, 0) is 49.3 Å². The first-order valence-electron chi connectivity index (χ1n) is 9.16.